The summed E-state index contributed by atoms with van der Waals surface area (Å²) in [5, 5.41) is 0. The Kier molecular flexibility index (Phi) is 2.96. The molecule has 0 unspecified atom stereocenters. The van der Waals surface area contributed by atoms with Gasteiger partial charge in [-0.1, -0.05) is 0 Å². The van der Waals surface area contributed by atoms with Crippen molar-refractivity contribution in [2.75, 3.05) is 6.54 Å². The van der Waals surface area contributed by atoms with Crippen LogP contribution in [-0.4, -0.2) is 18.6 Å². The maximum absolute atomic E-state index is 5.31. The van der Waals surface area contributed by atoms with Gasteiger partial charge in [-0.3, -0.25) is 0 Å². The standard InChI is InChI=1S/C10H17N/c1-4-8-11-9(2)6-5-7-10(11)3/h1,9-10H,5-8H2,2-3H3/p+1/t9-,10-/m1/s1. The Bertz CT molecular complexity index is 147. The maximum atomic E-state index is 5.31. The van der Waals surface area contributed by atoms with Crippen LogP contribution in [0.5, 0.6) is 0 Å². The first kappa shape index (κ1) is 8.62. The predicted octanol–water partition coefficient (Wildman–Crippen LogP) is 0.465. The summed E-state index contributed by atoms with van der Waals surface area (Å²) in [6.45, 7) is 5.52. The van der Waals surface area contributed by atoms with Crippen LogP contribution >= 0.6 is 0 Å². The zero-order chi connectivity index (χ0) is 8.27. The monoisotopic (exact) mass is 152 g/mol. The van der Waals surface area contributed by atoms with Crippen molar-refractivity contribution >= 4 is 0 Å². The van der Waals surface area contributed by atoms with Gasteiger partial charge in [0.1, 0.15) is 6.54 Å². The van der Waals surface area contributed by atoms with E-state index in [-0.39, 0.29) is 0 Å². The zero-order valence-electron chi connectivity index (χ0n) is 7.56. The molecule has 1 heteroatoms. The normalized spacial score (nSPS) is 33.2. The van der Waals surface area contributed by atoms with E-state index in [9.17, 15) is 0 Å². The average molecular weight is 152 g/mol. The zero-order valence-corrected chi connectivity index (χ0v) is 7.56. The van der Waals surface area contributed by atoms with Gasteiger partial charge in [-0.05, 0) is 39.0 Å². The summed E-state index contributed by atoms with van der Waals surface area (Å²) in [6, 6.07) is 1.55. The first-order valence-corrected chi connectivity index (χ1v) is 4.54. The number of terminal acetylenes is 1. The van der Waals surface area contributed by atoms with Gasteiger partial charge in [0, 0.05) is 0 Å². The smallest absolute Gasteiger partial charge is 0.139 e. The summed E-state index contributed by atoms with van der Waals surface area (Å²) in [6.07, 6.45) is 9.40. The molecule has 1 N–H and O–H groups in total. The number of rotatable bonds is 1. The first-order valence-electron chi connectivity index (χ1n) is 4.54. The lowest BCUT2D eigenvalue weighted by Crippen LogP contribution is -3.19. The molecule has 0 aromatic carbocycles. The van der Waals surface area contributed by atoms with Crippen LogP contribution in [0.15, 0.2) is 0 Å². The van der Waals surface area contributed by atoms with Crippen molar-refractivity contribution in [3.63, 3.8) is 0 Å². The Labute approximate surface area is 69.8 Å². The molecule has 0 spiro atoms. The van der Waals surface area contributed by atoms with E-state index in [1.807, 2.05) is 0 Å². The van der Waals surface area contributed by atoms with Crippen LogP contribution in [0.1, 0.15) is 33.1 Å². The van der Waals surface area contributed by atoms with Crippen molar-refractivity contribution in [1.82, 2.24) is 0 Å². The first-order chi connectivity index (χ1) is 5.25. The molecule has 0 saturated carbocycles. The largest absolute Gasteiger partial charge is 0.320 e. The van der Waals surface area contributed by atoms with E-state index in [1.54, 1.807) is 4.90 Å². The topological polar surface area (TPSA) is 4.44 Å². The highest BCUT2D eigenvalue weighted by molar-refractivity contribution is 4.83. The minimum Gasteiger partial charge on any atom is -0.320 e. The third-order valence-electron chi connectivity index (χ3n) is 2.85. The highest BCUT2D eigenvalue weighted by atomic mass is 15.2. The van der Waals surface area contributed by atoms with E-state index in [4.69, 9.17) is 6.42 Å². The van der Waals surface area contributed by atoms with Crippen molar-refractivity contribution in [1.29, 1.82) is 0 Å². The molecule has 0 radical (unpaired) electrons. The van der Waals surface area contributed by atoms with Gasteiger partial charge in [-0.2, -0.15) is 0 Å². The van der Waals surface area contributed by atoms with E-state index in [2.05, 4.69) is 19.8 Å². The molecule has 1 saturated heterocycles. The number of nitrogens with one attached hydrogen (secondary N) is 1. The highest BCUT2D eigenvalue weighted by Gasteiger charge is 2.26. The van der Waals surface area contributed by atoms with Crippen molar-refractivity contribution < 1.29 is 4.90 Å². The SMILES string of the molecule is C#CC[NH+]1[C@H](C)CCC[C@H]1C. The molecule has 1 fully saturated rings. The molecule has 1 aliphatic heterocycles. The second-order valence-electron chi connectivity index (χ2n) is 3.69. The van der Waals surface area contributed by atoms with Gasteiger partial charge < -0.3 is 4.90 Å². The van der Waals surface area contributed by atoms with E-state index in [0.29, 0.717) is 0 Å². The van der Waals surface area contributed by atoms with Crippen LogP contribution in [0.4, 0.5) is 0 Å². The van der Waals surface area contributed by atoms with Gasteiger partial charge in [-0.15, -0.1) is 6.42 Å². The fourth-order valence-corrected chi connectivity index (χ4v) is 2.05. The molecule has 0 bridgehead atoms. The fourth-order valence-electron chi connectivity index (χ4n) is 2.05. The van der Waals surface area contributed by atoms with Crippen molar-refractivity contribution in [2.24, 2.45) is 0 Å². The summed E-state index contributed by atoms with van der Waals surface area (Å²) >= 11 is 0. The van der Waals surface area contributed by atoms with Gasteiger partial charge in [0.25, 0.3) is 0 Å². The Morgan fingerprint density at radius 3 is 2.36 bits per heavy atom. The van der Waals surface area contributed by atoms with Crippen LogP contribution < -0.4 is 4.90 Å². The lowest BCUT2D eigenvalue weighted by Gasteiger charge is -2.34. The number of hydrogen-bond donors (Lipinski definition) is 1. The lowest BCUT2D eigenvalue weighted by atomic mass is 9.98. The van der Waals surface area contributed by atoms with Crippen molar-refractivity contribution in [2.45, 2.75) is 45.2 Å². The summed E-state index contributed by atoms with van der Waals surface area (Å²) in [5.74, 6) is 2.76. The van der Waals surface area contributed by atoms with Gasteiger partial charge in [0.2, 0.25) is 0 Å². The molecule has 0 aromatic heterocycles. The van der Waals surface area contributed by atoms with Crippen molar-refractivity contribution in [3.05, 3.63) is 0 Å². The van der Waals surface area contributed by atoms with Crippen molar-refractivity contribution in [3.8, 4) is 12.3 Å². The molecule has 0 amide bonds. The highest BCUT2D eigenvalue weighted by Crippen LogP contribution is 2.06. The van der Waals surface area contributed by atoms with E-state index in [0.717, 1.165) is 18.6 Å². The van der Waals surface area contributed by atoms with Gasteiger partial charge >= 0.3 is 0 Å². The second-order valence-corrected chi connectivity index (χ2v) is 3.69. The molecule has 1 rings (SSSR count). The summed E-state index contributed by atoms with van der Waals surface area (Å²) < 4.78 is 0. The van der Waals surface area contributed by atoms with Gasteiger partial charge in [0.05, 0.1) is 12.1 Å². The second kappa shape index (κ2) is 3.78. The number of quaternary nitrogens is 1. The average Bonchev–Trinajstić information content (AvgIpc) is 1.97. The molecule has 2 atom stereocenters. The fraction of sp³-hybridized carbons (Fsp3) is 0.800. The summed E-state index contributed by atoms with van der Waals surface area (Å²) in [7, 11) is 0. The van der Waals surface area contributed by atoms with Gasteiger partial charge in [-0.25, -0.2) is 0 Å². The van der Waals surface area contributed by atoms with Crippen LogP contribution in [0.2, 0.25) is 0 Å². The molecular weight excluding hydrogens is 134 g/mol. The molecule has 1 nitrogen and oxygen atoms in total. The molecule has 0 aromatic rings. The van der Waals surface area contributed by atoms with Crippen LogP contribution in [0, 0.1) is 12.3 Å². The molecular formula is C10H18N+. The molecule has 11 heavy (non-hydrogen) atoms. The predicted molar refractivity (Wildman–Crippen MR) is 47.4 cm³/mol. The molecule has 62 valence electrons. The Hall–Kier alpha value is -0.480. The Balaban J connectivity index is 2.49. The third kappa shape index (κ3) is 1.97. The van der Waals surface area contributed by atoms with E-state index >= 15 is 0 Å². The maximum Gasteiger partial charge on any atom is 0.139 e. The van der Waals surface area contributed by atoms with E-state index in [1.165, 1.54) is 19.3 Å². The Morgan fingerprint density at radius 2 is 1.91 bits per heavy atom. The quantitative estimate of drug-likeness (QED) is 0.521. The molecule has 1 aliphatic rings. The Morgan fingerprint density at radius 1 is 1.36 bits per heavy atom. The summed E-state index contributed by atoms with van der Waals surface area (Å²) in [4.78, 5) is 1.61. The molecule has 1 heterocycles. The summed E-state index contributed by atoms with van der Waals surface area (Å²) in [5.41, 5.74) is 0. The third-order valence-corrected chi connectivity index (χ3v) is 2.85. The lowest BCUT2D eigenvalue weighted by molar-refractivity contribution is -0.944. The number of likely N-dealkylation sites (tertiary alicyclic amines) is 1. The van der Waals surface area contributed by atoms with Crippen LogP contribution in [-0.2, 0) is 0 Å². The van der Waals surface area contributed by atoms with Gasteiger partial charge in [0.15, 0.2) is 0 Å². The number of hydrogen-bond acceptors (Lipinski definition) is 0. The van der Waals surface area contributed by atoms with Crippen LogP contribution in [0.3, 0.4) is 0 Å². The van der Waals surface area contributed by atoms with E-state index < -0.39 is 0 Å². The van der Waals surface area contributed by atoms with Crippen LogP contribution in [0.25, 0.3) is 0 Å². The minimum atomic E-state index is 0.773. The number of piperidine rings is 1. The minimum absolute atomic E-state index is 0.773. The molecule has 0 aliphatic carbocycles.